The van der Waals surface area contributed by atoms with Gasteiger partial charge in [0, 0.05) is 43.3 Å². The molecule has 4 N–H and O–H groups in total. The highest BCUT2D eigenvalue weighted by Crippen LogP contribution is 2.43. The Labute approximate surface area is 455 Å². The topological polar surface area (TPSA) is 235 Å². The van der Waals surface area contributed by atoms with E-state index in [0.29, 0.717) is 91.3 Å². The number of carbonyl (C=O) groups is 1. The van der Waals surface area contributed by atoms with E-state index in [-0.39, 0.29) is 42.3 Å². The number of fused-ring (bicyclic) bond motifs is 8. The summed E-state index contributed by atoms with van der Waals surface area (Å²) in [6.07, 6.45) is -1.61. The third-order valence-corrected chi connectivity index (χ3v) is 13.6. The van der Waals surface area contributed by atoms with Gasteiger partial charge in [0.15, 0.2) is 34.9 Å². The van der Waals surface area contributed by atoms with Crippen molar-refractivity contribution in [3.8, 4) is 34.8 Å². The number of nitrogens with zero attached hydrogens (tertiary/aromatic N) is 11. The number of carbonyl (C=O) groups excluding carboxylic acids is 1. The van der Waals surface area contributed by atoms with Crippen molar-refractivity contribution < 1.29 is 59.6 Å². The van der Waals surface area contributed by atoms with Crippen LogP contribution in [0.1, 0.15) is 63.1 Å². The molecule has 4 fully saturated rings. The number of nitrogens with two attached hydrogens (primary N) is 1. The number of ether oxygens (including phenoxy) is 6. The van der Waals surface area contributed by atoms with Crippen molar-refractivity contribution in [1.82, 2.24) is 39.9 Å². The predicted molar refractivity (Wildman–Crippen MR) is 280 cm³/mol. The maximum absolute atomic E-state index is 13.6. The standard InChI is InChI=1S/C27H28F3N7O4.C16H15F3N4.C10H15N3O3/c1-15-21-23(35-22(33-15)16-5-4-6-17(9-16)27(28,29)30)37(19-7-8-36(21)12-19)25(38)34-18-10-31-24(32-11-18)39-13-20-14-40-26(2,3)41-20;1-9-13-15(21-12-5-6-23(13)8-12)22-14(20-9)10-3-2-4-11(7-10)16(17,18)19;1-10(2)15-6-8(16-10)5-14-9-12-3-7(11)4-13-9/h4-6,9-11,19-20H,7-8,12-14H2,1-3H3,(H,34,38);2-4,7,12H,5-6,8H2,1H3,(H,20,21,22);3-4,8H,5-6,11H2,1-2H3/t19-,20-;12-;8-/m000/s1. The molecule has 27 heteroatoms. The highest BCUT2D eigenvalue weighted by molar-refractivity contribution is 6.04. The van der Waals surface area contributed by atoms with Crippen molar-refractivity contribution in [1.29, 1.82) is 0 Å². The van der Waals surface area contributed by atoms with Crippen LogP contribution in [0.4, 0.5) is 65.5 Å². The van der Waals surface area contributed by atoms with Crippen LogP contribution in [0, 0.1) is 13.8 Å². The molecule has 10 heterocycles. The Morgan fingerprint density at radius 1 is 0.713 bits per heavy atom. The molecule has 4 atom stereocenters. The summed E-state index contributed by atoms with van der Waals surface area (Å²) < 4.78 is 112. The number of alkyl halides is 6. The Morgan fingerprint density at radius 3 is 1.76 bits per heavy atom. The summed E-state index contributed by atoms with van der Waals surface area (Å²) in [5.41, 5.74) is 8.42. The average Bonchev–Trinajstić information content (AvgIpc) is 4.20. The SMILES string of the molecule is CC1(C)OC[C@H](COc2ncc(N)cn2)O1.Cc1nc(-c2cccc(C(F)(F)F)c2)nc2c1N1CC[C@@H](C1)N2.Cc1nc(-c2cccc(C(F)(F)F)c2)nc2c1N1CC[C@@H](C1)N2C(=O)Nc1cnc(OC[C@H]2COC(C)(C)O2)nc1. The molecule has 4 aromatic heterocycles. The zero-order chi connectivity index (χ0) is 56.7. The van der Waals surface area contributed by atoms with Gasteiger partial charge in [-0.2, -0.15) is 26.3 Å². The number of hydrogen-bond donors (Lipinski definition) is 3. The van der Waals surface area contributed by atoms with Crippen molar-refractivity contribution >= 4 is 40.4 Å². The van der Waals surface area contributed by atoms with Gasteiger partial charge in [-0.05, 0) is 78.6 Å². The first-order valence-corrected chi connectivity index (χ1v) is 25.7. The van der Waals surface area contributed by atoms with Gasteiger partial charge in [0.05, 0.1) is 77.9 Å². The molecule has 80 heavy (non-hydrogen) atoms. The van der Waals surface area contributed by atoms with E-state index in [1.54, 1.807) is 17.9 Å². The third-order valence-electron chi connectivity index (χ3n) is 13.6. The quantitative estimate of drug-likeness (QED) is 0.115. The summed E-state index contributed by atoms with van der Waals surface area (Å²) >= 11 is 0. The number of aryl methyl sites for hydroxylation is 2. The summed E-state index contributed by atoms with van der Waals surface area (Å²) in [6, 6.07) is 10.1. The van der Waals surface area contributed by atoms with Crippen molar-refractivity contribution in [3.05, 3.63) is 95.8 Å². The largest absolute Gasteiger partial charge is 0.461 e. The lowest BCUT2D eigenvalue weighted by Gasteiger charge is -2.36. The van der Waals surface area contributed by atoms with Crippen molar-refractivity contribution in [2.75, 3.05) is 83.7 Å². The van der Waals surface area contributed by atoms with Gasteiger partial charge in [-0.15, -0.1) is 0 Å². The minimum atomic E-state index is -4.51. The van der Waals surface area contributed by atoms with Crippen LogP contribution in [0.5, 0.6) is 12.0 Å². The molecule has 0 radical (unpaired) electrons. The van der Waals surface area contributed by atoms with Crippen LogP contribution < -0.4 is 40.5 Å². The van der Waals surface area contributed by atoms with Gasteiger partial charge < -0.3 is 54.6 Å². The minimum Gasteiger partial charge on any atom is -0.461 e. The summed E-state index contributed by atoms with van der Waals surface area (Å²) in [5, 5.41) is 6.18. The number of anilines is 6. The van der Waals surface area contributed by atoms with Crippen LogP contribution in [-0.2, 0) is 31.3 Å². The molecule has 21 nitrogen and oxygen atoms in total. The molecule has 0 saturated carbocycles. The van der Waals surface area contributed by atoms with Crippen molar-refractivity contribution in [2.45, 2.75) is 103 Å². The van der Waals surface area contributed by atoms with Crippen LogP contribution in [-0.4, -0.2) is 134 Å². The first-order valence-electron chi connectivity index (χ1n) is 25.7. The molecule has 4 bridgehead atoms. The van der Waals surface area contributed by atoms with E-state index in [9.17, 15) is 31.1 Å². The van der Waals surface area contributed by atoms with Crippen LogP contribution in [0.2, 0.25) is 0 Å². The second-order valence-electron chi connectivity index (χ2n) is 20.6. The fourth-order valence-corrected chi connectivity index (χ4v) is 9.99. The normalized spacial score (nSPS) is 21.1. The van der Waals surface area contributed by atoms with E-state index in [4.69, 9.17) is 34.2 Å². The Morgan fingerprint density at radius 2 is 1.23 bits per heavy atom. The number of nitrogen functional groups attached to an aromatic ring is 1. The molecule has 4 saturated heterocycles. The highest BCUT2D eigenvalue weighted by Gasteiger charge is 2.43. The lowest BCUT2D eigenvalue weighted by molar-refractivity contribution is -0.142. The molecule has 12 rings (SSSR count). The van der Waals surface area contributed by atoms with Gasteiger partial charge in [-0.1, -0.05) is 24.3 Å². The molecule has 0 spiro atoms. The molecule has 6 aliphatic heterocycles. The van der Waals surface area contributed by atoms with Gasteiger partial charge in [0.25, 0.3) is 0 Å². The summed E-state index contributed by atoms with van der Waals surface area (Å²) in [6.45, 7) is 15.7. The molecule has 6 aromatic rings. The Hall–Kier alpha value is -7.75. The predicted octanol–water partition coefficient (Wildman–Crippen LogP) is 8.49. The van der Waals surface area contributed by atoms with Crippen LogP contribution in [0.25, 0.3) is 22.8 Å². The van der Waals surface area contributed by atoms with E-state index in [1.165, 1.54) is 43.0 Å². The van der Waals surface area contributed by atoms with Gasteiger partial charge >= 0.3 is 30.4 Å². The number of benzene rings is 2. The van der Waals surface area contributed by atoms with Gasteiger partial charge in [-0.3, -0.25) is 4.90 Å². The number of aromatic nitrogens is 8. The minimum absolute atomic E-state index is 0.0869. The van der Waals surface area contributed by atoms with Crippen LogP contribution >= 0.6 is 0 Å². The molecular formula is C53H58F6N14O7. The smallest absolute Gasteiger partial charge is 0.416 e. The first kappa shape index (κ1) is 55.6. The molecule has 6 aliphatic rings. The maximum atomic E-state index is 13.6. The Bertz CT molecular complexity index is 3210. The lowest BCUT2D eigenvalue weighted by atomic mass is 10.1. The zero-order valence-electron chi connectivity index (χ0n) is 44.4. The van der Waals surface area contributed by atoms with E-state index >= 15 is 0 Å². The number of hydrogen-bond acceptors (Lipinski definition) is 19. The summed E-state index contributed by atoms with van der Waals surface area (Å²) in [5.74, 6) is 0.303. The van der Waals surface area contributed by atoms with Crippen molar-refractivity contribution in [2.24, 2.45) is 0 Å². The van der Waals surface area contributed by atoms with Gasteiger partial charge in [0.1, 0.15) is 36.8 Å². The highest BCUT2D eigenvalue weighted by atomic mass is 19.4. The average molecular weight is 1120 g/mol. The maximum Gasteiger partial charge on any atom is 0.416 e. The molecule has 2 amide bonds. The molecule has 0 unspecified atom stereocenters. The Kier molecular flexibility index (Phi) is 15.3. The fraction of sp³-hybridized carbons (Fsp3) is 0.453. The monoisotopic (exact) mass is 1120 g/mol. The Balaban J connectivity index is 0.000000154. The van der Waals surface area contributed by atoms with Gasteiger partial charge in [0.2, 0.25) is 0 Å². The first-order chi connectivity index (χ1) is 37.9. The summed E-state index contributed by atoms with van der Waals surface area (Å²) in [4.78, 5) is 53.7. The van der Waals surface area contributed by atoms with E-state index in [0.717, 1.165) is 61.0 Å². The molecule has 2 aromatic carbocycles. The van der Waals surface area contributed by atoms with Crippen LogP contribution in [0.15, 0.2) is 73.3 Å². The number of halogens is 6. The van der Waals surface area contributed by atoms with Crippen molar-refractivity contribution in [3.63, 3.8) is 0 Å². The summed E-state index contributed by atoms with van der Waals surface area (Å²) in [7, 11) is 0. The number of urea groups is 1. The van der Waals surface area contributed by atoms with E-state index < -0.39 is 41.1 Å². The number of rotatable bonds is 9. The second kappa shape index (κ2) is 22.1. The number of nitrogens with one attached hydrogen (secondary N) is 2. The lowest BCUT2D eigenvalue weighted by Crippen LogP contribution is -2.48. The fourth-order valence-electron chi connectivity index (χ4n) is 9.99. The number of amides is 2. The van der Waals surface area contributed by atoms with E-state index in [2.05, 4.69) is 60.3 Å². The molecule has 0 aliphatic carbocycles. The molecule has 424 valence electrons. The van der Waals surface area contributed by atoms with Gasteiger partial charge in [-0.25, -0.2) is 44.7 Å². The van der Waals surface area contributed by atoms with E-state index in [1.807, 2.05) is 34.6 Å². The molecular weight excluding hydrogens is 1060 g/mol. The third kappa shape index (κ3) is 12.8. The zero-order valence-corrected chi connectivity index (χ0v) is 44.4. The van der Waals surface area contributed by atoms with Crippen LogP contribution in [0.3, 0.4) is 0 Å². The second-order valence-corrected chi connectivity index (χ2v) is 20.6.